The number of rotatable bonds is 4. The molecule has 0 aliphatic carbocycles. The average Bonchev–Trinajstić information content (AvgIpc) is 2.55. The predicted molar refractivity (Wildman–Crippen MR) is 102 cm³/mol. The lowest BCUT2D eigenvalue weighted by Gasteiger charge is -2.10. The lowest BCUT2D eigenvalue weighted by molar-refractivity contribution is 0.340. The van der Waals surface area contributed by atoms with E-state index in [9.17, 15) is 0 Å². The molecule has 0 spiro atoms. The van der Waals surface area contributed by atoms with Crippen molar-refractivity contribution in [2.75, 3.05) is 6.61 Å². The summed E-state index contributed by atoms with van der Waals surface area (Å²) in [6.45, 7) is 2.61. The standard InChI is InChI=1S/C19H15Br2NO/c1-2-23-17-11-18(13-6-8-15(20)9-7-13)22-19(12-17)14-4-3-5-16(21)10-14/h3-12H,2H2,1H3. The molecule has 0 N–H and O–H groups in total. The quantitative estimate of drug-likeness (QED) is 0.479. The van der Waals surface area contributed by atoms with Crippen LogP contribution < -0.4 is 4.74 Å². The fourth-order valence-electron chi connectivity index (χ4n) is 2.32. The van der Waals surface area contributed by atoms with Crippen molar-refractivity contribution in [1.82, 2.24) is 4.98 Å². The second kappa shape index (κ2) is 7.28. The molecule has 23 heavy (non-hydrogen) atoms. The van der Waals surface area contributed by atoms with E-state index in [4.69, 9.17) is 9.72 Å². The molecular formula is C19H15Br2NO. The summed E-state index contributed by atoms with van der Waals surface area (Å²) in [5, 5.41) is 0. The molecule has 0 fully saturated rings. The van der Waals surface area contributed by atoms with Gasteiger partial charge in [-0.3, -0.25) is 0 Å². The third kappa shape index (κ3) is 4.01. The van der Waals surface area contributed by atoms with Gasteiger partial charge >= 0.3 is 0 Å². The normalized spacial score (nSPS) is 10.6. The molecule has 0 saturated heterocycles. The second-order valence-electron chi connectivity index (χ2n) is 5.02. The molecule has 3 rings (SSSR count). The van der Waals surface area contributed by atoms with Gasteiger partial charge in [-0.2, -0.15) is 0 Å². The van der Waals surface area contributed by atoms with E-state index in [-0.39, 0.29) is 0 Å². The molecule has 116 valence electrons. The summed E-state index contributed by atoms with van der Waals surface area (Å²) in [5.41, 5.74) is 3.92. The van der Waals surface area contributed by atoms with Crippen molar-refractivity contribution < 1.29 is 4.74 Å². The minimum Gasteiger partial charge on any atom is -0.494 e. The molecule has 0 aliphatic heterocycles. The topological polar surface area (TPSA) is 22.1 Å². The van der Waals surface area contributed by atoms with E-state index < -0.39 is 0 Å². The second-order valence-corrected chi connectivity index (χ2v) is 6.85. The van der Waals surface area contributed by atoms with E-state index >= 15 is 0 Å². The largest absolute Gasteiger partial charge is 0.494 e. The SMILES string of the molecule is CCOc1cc(-c2ccc(Br)cc2)nc(-c2cccc(Br)c2)c1. The summed E-state index contributed by atoms with van der Waals surface area (Å²) in [7, 11) is 0. The molecule has 0 saturated carbocycles. The Morgan fingerprint density at radius 2 is 1.52 bits per heavy atom. The van der Waals surface area contributed by atoms with Gasteiger partial charge in [0.2, 0.25) is 0 Å². The summed E-state index contributed by atoms with van der Waals surface area (Å²) in [4.78, 5) is 4.81. The molecule has 0 atom stereocenters. The molecular weight excluding hydrogens is 418 g/mol. The van der Waals surface area contributed by atoms with Gasteiger partial charge in [0.1, 0.15) is 5.75 Å². The van der Waals surface area contributed by atoms with Crippen LogP contribution in [-0.4, -0.2) is 11.6 Å². The van der Waals surface area contributed by atoms with Crippen LogP contribution in [0.15, 0.2) is 69.6 Å². The first-order chi connectivity index (χ1) is 11.2. The van der Waals surface area contributed by atoms with Crippen molar-refractivity contribution >= 4 is 31.9 Å². The van der Waals surface area contributed by atoms with Gasteiger partial charge in [0.25, 0.3) is 0 Å². The van der Waals surface area contributed by atoms with Gasteiger partial charge in [-0.05, 0) is 31.2 Å². The smallest absolute Gasteiger partial charge is 0.123 e. The van der Waals surface area contributed by atoms with Crippen molar-refractivity contribution in [2.45, 2.75) is 6.92 Å². The molecule has 2 aromatic carbocycles. The maximum absolute atomic E-state index is 5.72. The molecule has 0 amide bonds. The predicted octanol–water partition coefficient (Wildman–Crippen LogP) is 6.34. The number of pyridine rings is 1. The lowest BCUT2D eigenvalue weighted by atomic mass is 10.1. The highest BCUT2D eigenvalue weighted by Crippen LogP contribution is 2.30. The van der Waals surface area contributed by atoms with Crippen LogP contribution in [0.2, 0.25) is 0 Å². The molecule has 0 unspecified atom stereocenters. The minimum atomic E-state index is 0.627. The Morgan fingerprint density at radius 1 is 0.826 bits per heavy atom. The number of halogens is 2. The first-order valence-electron chi connectivity index (χ1n) is 7.32. The number of hydrogen-bond donors (Lipinski definition) is 0. The summed E-state index contributed by atoms with van der Waals surface area (Å²) < 4.78 is 7.80. The fraction of sp³-hybridized carbons (Fsp3) is 0.105. The maximum Gasteiger partial charge on any atom is 0.123 e. The average molecular weight is 433 g/mol. The van der Waals surface area contributed by atoms with Gasteiger partial charge in [-0.15, -0.1) is 0 Å². The number of benzene rings is 2. The first kappa shape index (κ1) is 16.2. The van der Waals surface area contributed by atoms with Crippen molar-refractivity contribution in [3.8, 4) is 28.3 Å². The summed E-state index contributed by atoms with van der Waals surface area (Å²) >= 11 is 6.98. The third-order valence-electron chi connectivity index (χ3n) is 3.37. The Bertz CT molecular complexity index is 816. The summed E-state index contributed by atoms with van der Waals surface area (Å²) in [5.74, 6) is 0.829. The molecule has 0 bridgehead atoms. The van der Waals surface area contributed by atoms with E-state index in [0.29, 0.717) is 6.61 Å². The molecule has 1 aromatic heterocycles. The Labute approximate surface area is 152 Å². The first-order valence-corrected chi connectivity index (χ1v) is 8.91. The molecule has 1 heterocycles. The molecule has 2 nitrogen and oxygen atoms in total. The van der Waals surface area contributed by atoms with Crippen LogP contribution in [0, 0.1) is 0 Å². The van der Waals surface area contributed by atoms with Crippen LogP contribution in [0.25, 0.3) is 22.5 Å². The van der Waals surface area contributed by atoms with E-state index in [2.05, 4.69) is 37.9 Å². The zero-order valence-corrected chi connectivity index (χ0v) is 15.8. The van der Waals surface area contributed by atoms with Gasteiger partial charge in [0, 0.05) is 32.2 Å². The highest BCUT2D eigenvalue weighted by Gasteiger charge is 2.08. The third-order valence-corrected chi connectivity index (χ3v) is 4.39. The van der Waals surface area contributed by atoms with Crippen LogP contribution in [0.5, 0.6) is 5.75 Å². The molecule has 0 aliphatic rings. The van der Waals surface area contributed by atoms with Crippen LogP contribution >= 0.6 is 31.9 Å². The Morgan fingerprint density at radius 3 is 2.17 bits per heavy atom. The highest BCUT2D eigenvalue weighted by molar-refractivity contribution is 9.10. The van der Waals surface area contributed by atoms with Gasteiger partial charge < -0.3 is 4.74 Å². The number of hydrogen-bond acceptors (Lipinski definition) is 2. The molecule has 0 radical (unpaired) electrons. The monoisotopic (exact) mass is 431 g/mol. The van der Waals surface area contributed by atoms with E-state index in [1.807, 2.05) is 61.5 Å². The van der Waals surface area contributed by atoms with Crippen molar-refractivity contribution in [1.29, 1.82) is 0 Å². The van der Waals surface area contributed by atoms with Crippen molar-refractivity contribution in [3.63, 3.8) is 0 Å². The van der Waals surface area contributed by atoms with Crippen LogP contribution in [0.3, 0.4) is 0 Å². The van der Waals surface area contributed by atoms with Gasteiger partial charge in [0.05, 0.1) is 18.0 Å². The maximum atomic E-state index is 5.72. The Hall–Kier alpha value is -1.65. The minimum absolute atomic E-state index is 0.627. The lowest BCUT2D eigenvalue weighted by Crippen LogP contribution is -1.95. The van der Waals surface area contributed by atoms with Gasteiger partial charge in [0.15, 0.2) is 0 Å². The molecule has 4 heteroatoms. The summed E-state index contributed by atoms with van der Waals surface area (Å²) in [6.07, 6.45) is 0. The zero-order chi connectivity index (χ0) is 16.2. The van der Waals surface area contributed by atoms with E-state index in [0.717, 1.165) is 37.2 Å². The van der Waals surface area contributed by atoms with Crippen LogP contribution in [0.4, 0.5) is 0 Å². The van der Waals surface area contributed by atoms with Gasteiger partial charge in [-0.1, -0.05) is 56.1 Å². The number of nitrogens with zero attached hydrogens (tertiary/aromatic N) is 1. The summed E-state index contributed by atoms with van der Waals surface area (Å²) in [6, 6.07) is 20.2. The number of aromatic nitrogens is 1. The van der Waals surface area contributed by atoms with Crippen LogP contribution in [-0.2, 0) is 0 Å². The van der Waals surface area contributed by atoms with Crippen molar-refractivity contribution in [3.05, 3.63) is 69.6 Å². The fourth-order valence-corrected chi connectivity index (χ4v) is 2.98. The Kier molecular flexibility index (Phi) is 5.13. The zero-order valence-electron chi connectivity index (χ0n) is 12.6. The van der Waals surface area contributed by atoms with E-state index in [1.165, 1.54) is 0 Å². The van der Waals surface area contributed by atoms with E-state index in [1.54, 1.807) is 0 Å². The Balaban J connectivity index is 2.11. The number of ether oxygens (including phenoxy) is 1. The van der Waals surface area contributed by atoms with Crippen LogP contribution in [0.1, 0.15) is 6.92 Å². The highest BCUT2D eigenvalue weighted by atomic mass is 79.9. The molecule has 3 aromatic rings. The van der Waals surface area contributed by atoms with Crippen molar-refractivity contribution in [2.24, 2.45) is 0 Å². The van der Waals surface area contributed by atoms with Gasteiger partial charge in [-0.25, -0.2) is 4.98 Å².